The summed E-state index contributed by atoms with van der Waals surface area (Å²) < 4.78 is 12.8. The number of hydrogen-bond donors (Lipinski definition) is 3. The van der Waals surface area contributed by atoms with Gasteiger partial charge in [0.25, 0.3) is 0 Å². The second-order valence-electron chi connectivity index (χ2n) is 14.3. The van der Waals surface area contributed by atoms with Gasteiger partial charge in [0.05, 0.1) is 25.4 Å². The number of nitrogens with two attached hydrogens (primary N) is 1. The van der Waals surface area contributed by atoms with E-state index in [1.54, 1.807) is 0 Å². The van der Waals surface area contributed by atoms with Gasteiger partial charge in [-0.2, -0.15) is 0 Å². The smallest absolute Gasteiger partial charge is 0.171 e. The third-order valence-corrected chi connectivity index (χ3v) is 11.6. The molecule has 4 aliphatic carbocycles. The van der Waals surface area contributed by atoms with E-state index in [4.69, 9.17) is 27.4 Å². The lowest BCUT2D eigenvalue weighted by Crippen LogP contribution is -2.59. The zero-order valence-electron chi connectivity index (χ0n) is 24.5. The molecule has 0 amide bonds. The van der Waals surface area contributed by atoms with Gasteiger partial charge in [0, 0.05) is 40.0 Å². The van der Waals surface area contributed by atoms with Crippen LogP contribution in [0.2, 0.25) is 0 Å². The molecule has 216 valence electrons. The van der Waals surface area contributed by atoms with Crippen molar-refractivity contribution in [2.24, 2.45) is 28.4 Å². The van der Waals surface area contributed by atoms with Crippen molar-refractivity contribution in [1.29, 1.82) is 0 Å². The van der Waals surface area contributed by atoms with Crippen molar-refractivity contribution in [2.75, 3.05) is 19.8 Å². The average molecular weight is 564 g/mol. The van der Waals surface area contributed by atoms with E-state index in [1.807, 2.05) is 6.92 Å². The minimum absolute atomic E-state index is 0.0109. The summed E-state index contributed by atoms with van der Waals surface area (Å²) in [6, 6.07) is 8.53. The molecule has 4 N–H and O–H groups in total. The molecule has 1 aromatic rings. The molecule has 5 nitrogen and oxygen atoms in total. The molecular formula is C34H45NO4S. The van der Waals surface area contributed by atoms with Crippen LogP contribution in [0.15, 0.2) is 35.4 Å². The van der Waals surface area contributed by atoms with Crippen molar-refractivity contribution >= 4 is 17.1 Å². The number of rotatable bonds is 2. The van der Waals surface area contributed by atoms with Gasteiger partial charge in [0.2, 0.25) is 0 Å². The molecule has 0 aromatic heterocycles. The summed E-state index contributed by atoms with van der Waals surface area (Å²) in [6.45, 7) is 10.2. The zero-order valence-corrected chi connectivity index (χ0v) is 25.3. The first-order valence-corrected chi connectivity index (χ1v) is 15.5. The van der Waals surface area contributed by atoms with Crippen LogP contribution >= 0.6 is 12.2 Å². The van der Waals surface area contributed by atoms with Crippen molar-refractivity contribution in [3.05, 3.63) is 46.5 Å². The Balaban J connectivity index is 1.43. The molecule has 1 aromatic carbocycles. The Hall–Kier alpha value is -1.59. The molecule has 5 aliphatic rings. The highest BCUT2D eigenvalue weighted by Gasteiger charge is 2.65. The molecule has 3 unspecified atom stereocenters. The first-order chi connectivity index (χ1) is 18.9. The fraction of sp³-hybridized carbons (Fsp3) is 0.676. The van der Waals surface area contributed by atoms with Crippen LogP contribution in [0.25, 0.3) is 0 Å². The Kier molecular flexibility index (Phi) is 6.94. The molecule has 40 heavy (non-hydrogen) atoms. The summed E-state index contributed by atoms with van der Waals surface area (Å²) in [4.78, 5) is 0.709. The lowest BCUT2D eigenvalue weighted by Gasteiger charge is -2.58. The molecule has 1 saturated heterocycles. The molecule has 1 aliphatic heterocycles. The number of aliphatic hydroxyl groups is 2. The summed E-state index contributed by atoms with van der Waals surface area (Å²) in [5.74, 6) is 6.15. The number of fused-ring (bicyclic) bond motifs is 4. The van der Waals surface area contributed by atoms with E-state index in [9.17, 15) is 10.2 Å². The van der Waals surface area contributed by atoms with Crippen molar-refractivity contribution in [2.45, 2.75) is 102 Å². The third kappa shape index (κ3) is 4.35. The van der Waals surface area contributed by atoms with Crippen LogP contribution in [0, 0.1) is 34.5 Å². The van der Waals surface area contributed by atoms with Gasteiger partial charge in [0.1, 0.15) is 5.60 Å². The van der Waals surface area contributed by atoms with E-state index in [0.29, 0.717) is 55.7 Å². The molecule has 1 heterocycles. The maximum Gasteiger partial charge on any atom is 0.171 e. The van der Waals surface area contributed by atoms with E-state index in [-0.39, 0.29) is 16.7 Å². The maximum absolute atomic E-state index is 12.4. The summed E-state index contributed by atoms with van der Waals surface area (Å²) in [6.07, 6.45) is 6.14. The fourth-order valence-electron chi connectivity index (χ4n) is 9.09. The summed E-state index contributed by atoms with van der Waals surface area (Å²) >= 11 is 5.71. The number of hydrogen-bond acceptors (Lipinski definition) is 6. The van der Waals surface area contributed by atoms with Gasteiger partial charge in [-0.3, -0.25) is 0 Å². The molecule has 6 rings (SSSR count). The van der Waals surface area contributed by atoms with Crippen LogP contribution in [0.3, 0.4) is 0 Å². The van der Waals surface area contributed by atoms with Gasteiger partial charge in [0.15, 0.2) is 5.79 Å². The Labute approximate surface area is 244 Å². The largest absolute Gasteiger partial charge is 0.385 e. The quantitative estimate of drug-likeness (QED) is 0.253. The monoisotopic (exact) mass is 563 g/mol. The van der Waals surface area contributed by atoms with E-state index < -0.39 is 17.0 Å². The second-order valence-corrected chi connectivity index (χ2v) is 14.9. The summed E-state index contributed by atoms with van der Waals surface area (Å²) in [5.41, 5.74) is 8.17. The molecule has 3 saturated carbocycles. The van der Waals surface area contributed by atoms with E-state index in [1.165, 1.54) is 16.7 Å². The number of benzene rings is 1. The standard InChI is InChI=1S/C34H45NO4S/c1-22(40)34(37)16-13-27-25-11-14-32(36)19-33(38-20-30(2,3)21-39-33)15-12-28(32)29(25)26(18-31(27,34)4)24-9-7-23(8-10-24)6-5-17-35/h7-10,25-27,36-37H,11-21,35H2,1-4H3/t25?,26-,27?,31+,32-,34?/m1/s1. The lowest BCUT2D eigenvalue weighted by molar-refractivity contribution is -0.322. The lowest BCUT2D eigenvalue weighted by atomic mass is 9.49. The van der Waals surface area contributed by atoms with Gasteiger partial charge < -0.3 is 25.4 Å². The Morgan fingerprint density at radius 3 is 2.40 bits per heavy atom. The van der Waals surface area contributed by atoms with Gasteiger partial charge in [-0.1, -0.05) is 62.5 Å². The van der Waals surface area contributed by atoms with Crippen molar-refractivity contribution in [3.8, 4) is 11.8 Å². The van der Waals surface area contributed by atoms with Crippen LogP contribution in [-0.4, -0.2) is 51.8 Å². The Morgan fingerprint density at radius 1 is 1.05 bits per heavy atom. The highest BCUT2D eigenvalue weighted by atomic mass is 32.1. The molecular weight excluding hydrogens is 518 g/mol. The van der Waals surface area contributed by atoms with E-state index in [2.05, 4.69) is 56.9 Å². The van der Waals surface area contributed by atoms with Gasteiger partial charge >= 0.3 is 0 Å². The normalized spacial score (nSPS) is 39.5. The van der Waals surface area contributed by atoms with Crippen molar-refractivity contribution in [1.82, 2.24) is 0 Å². The van der Waals surface area contributed by atoms with Crippen LogP contribution in [0.4, 0.5) is 0 Å². The van der Waals surface area contributed by atoms with Crippen LogP contribution in [0.5, 0.6) is 0 Å². The number of allylic oxidation sites excluding steroid dienone is 1. The molecule has 0 radical (unpaired) electrons. The predicted molar refractivity (Wildman–Crippen MR) is 161 cm³/mol. The molecule has 6 heteroatoms. The molecule has 0 bridgehead atoms. The van der Waals surface area contributed by atoms with Gasteiger partial charge in [-0.25, -0.2) is 0 Å². The Bertz CT molecular complexity index is 1280. The van der Waals surface area contributed by atoms with E-state index in [0.717, 1.165) is 37.7 Å². The SMILES string of the molecule is CC(=S)C1(O)CCC2C3CC[C@@]4(O)CC5(CCC4=C3[C@@H](c3ccc(C#CCN)cc3)C[C@@]21C)OCC(C)(C)CO5. The molecule has 4 fully saturated rings. The average Bonchev–Trinajstić information content (AvgIpc) is 3.20. The third-order valence-electron chi connectivity index (χ3n) is 11.2. The first-order valence-electron chi connectivity index (χ1n) is 15.1. The highest BCUT2D eigenvalue weighted by molar-refractivity contribution is 7.80. The zero-order chi connectivity index (χ0) is 28.6. The predicted octanol–water partition coefficient (Wildman–Crippen LogP) is 5.41. The van der Waals surface area contributed by atoms with Crippen LogP contribution in [-0.2, 0) is 9.47 Å². The van der Waals surface area contributed by atoms with Crippen LogP contribution < -0.4 is 5.73 Å². The van der Waals surface area contributed by atoms with Crippen molar-refractivity contribution in [3.63, 3.8) is 0 Å². The maximum atomic E-state index is 12.4. The van der Waals surface area contributed by atoms with Crippen LogP contribution in [0.1, 0.15) is 96.1 Å². The minimum Gasteiger partial charge on any atom is -0.385 e. The first kappa shape index (κ1) is 28.5. The second kappa shape index (κ2) is 9.73. The number of ether oxygens (including phenoxy) is 2. The summed E-state index contributed by atoms with van der Waals surface area (Å²) in [7, 11) is 0. The topological polar surface area (TPSA) is 84.9 Å². The minimum atomic E-state index is -0.949. The Morgan fingerprint density at radius 2 is 1.75 bits per heavy atom. The highest BCUT2D eigenvalue weighted by Crippen LogP contribution is 2.68. The molecule has 1 spiro atoms. The fourth-order valence-corrected chi connectivity index (χ4v) is 9.42. The van der Waals surface area contributed by atoms with E-state index >= 15 is 0 Å². The number of thiocarbonyl (C=S) groups is 1. The van der Waals surface area contributed by atoms with Gasteiger partial charge in [-0.15, -0.1) is 0 Å². The summed E-state index contributed by atoms with van der Waals surface area (Å²) in [5, 5.41) is 24.4. The molecule has 6 atom stereocenters. The van der Waals surface area contributed by atoms with Gasteiger partial charge in [-0.05, 0) is 80.6 Å². The van der Waals surface area contributed by atoms with Crippen molar-refractivity contribution < 1.29 is 19.7 Å².